The number of aromatic nitrogens is 2. The molecule has 0 unspecified atom stereocenters. The predicted molar refractivity (Wildman–Crippen MR) is 79.1 cm³/mol. The van der Waals surface area contributed by atoms with Crippen LogP contribution in [0.1, 0.15) is 5.56 Å². The highest BCUT2D eigenvalue weighted by Crippen LogP contribution is 2.25. The van der Waals surface area contributed by atoms with Gasteiger partial charge in [-0.3, -0.25) is 0 Å². The third-order valence-electron chi connectivity index (χ3n) is 2.96. The maximum atomic E-state index is 5.99. The molecule has 0 aliphatic rings. The fourth-order valence-corrected chi connectivity index (χ4v) is 2.21. The molecule has 3 aromatic rings. The Bertz CT molecular complexity index is 768. The van der Waals surface area contributed by atoms with Gasteiger partial charge in [-0.2, -0.15) is 0 Å². The Morgan fingerprint density at radius 1 is 1.05 bits per heavy atom. The molecule has 2 N–H and O–H groups in total. The van der Waals surface area contributed by atoms with Gasteiger partial charge in [-0.25, -0.2) is 9.97 Å². The molecule has 1 aromatic heterocycles. The van der Waals surface area contributed by atoms with Crippen molar-refractivity contribution in [1.29, 1.82) is 0 Å². The van der Waals surface area contributed by atoms with Crippen molar-refractivity contribution < 1.29 is 0 Å². The van der Waals surface area contributed by atoms with E-state index in [1.54, 1.807) is 12.1 Å². The van der Waals surface area contributed by atoms with Crippen LogP contribution in [0.5, 0.6) is 0 Å². The minimum Gasteiger partial charge on any atom is -0.383 e. The highest BCUT2D eigenvalue weighted by molar-refractivity contribution is 6.31. The summed E-state index contributed by atoms with van der Waals surface area (Å²) in [6.45, 7) is 2.04. The second kappa shape index (κ2) is 4.52. The van der Waals surface area contributed by atoms with Gasteiger partial charge in [0.05, 0.1) is 5.52 Å². The van der Waals surface area contributed by atoms with Crippen LogP contribution in [0.25, 0.3) is 22.3 Å². The zero-order chi connectivity index (χ0) is 13.4. The molecule has 0 amide bonds. The van der Waals surface area contributed by atoms with E-state index in [0.717, 1.165) is 22.0 Å². The lowest BCUT2D eigenvalue weighted by Gasteiger charge is -2.06. The fourth-order valence-electron chi connectivity index (χ4n) is 2.04. The lowest BCUT2D eigenvalue weighted by Crippen LogP contribution is -1.98. The molecule has 0 fully saturated rings. The average molecular weight is 270 g/mol. The topological polar surface area (TPSA) is 51.8 Å². The lowest BCUT2D eigenvalue weighted by atomic mass is 10.1. The van der Waals surface area contributed by atoms with Crippen LogP contribution in [0, 0.1) is 6.92 Å². The summed E-state index contributed by atoms with van der Waals surface area (Å²) in [5, 5.41) is 1.41. The van der Waals surface area contributed by atoms with Gasteiger partial charge in [-0.1, -0.05) is 35.4 Å². The van der Waals surface area contributed by atoms with E-state index in [4.69, 9.17) is 17.3 Å². The van der Waals surface area contributed by atoms with E-state index in [2.05, 4.69) is 9.97 Å². The zero-order valence-corrected chi connectivity index (χ0v) is 11.1. The fraction of sp³-hybridized carbons (Fsp3) is 0.0667. The molecule has 3 rings (SSSR count). The second-order valence-electron chi connectivity index (χ2n) is 4.46. The van der Waals surface area contributed by atoms with Crippen LogP contribution in [0.15, 0.2) is 42.5 Å². The number of aryl methyl sites for hydroxylation is 1. The molecule has 2 aromatic carbocycles. The van der Waals surface area contributed by atoms with Crippen LogP contribution in [-0.2, 0) is 0 Å². The van der Waals surface area contributed by atoms with Crippen molar-refractivity contribution in [2.45, 2.75) is 6.92 Å². The van der Waals surface area contributed by atoms with E-state index in [1.807, 2.05) is 37.3 Å². The molecule has 0 bridgehead atoms. The smallest absolute Gasteiger partial charge is 0.162 e. The summed E-state index contributed by atoms with van der Waals surface area (Å²) in [5.74, 6) is 1.08. The summed E-state index contributed by atoms with van der Waals surface area (Å²) in [7, 11) is 0. The van der Waals surface area contributed by atoms with E-state index in [1.165, 1.54) is 0 Å². The number of anilines is 1. The number of hydrogen-bond acceptors (Lipinski definition) is 3. The quantitative estimate of drug-likeness (QED) is 0.730. The highest BCUT2D eigenvalue weighted by atomic mass is 35.5. The van der Waals surface area contributed by atoms with Gasteiger partial charge >= 0.3 is 0 Å². The largest absolute Gasteiger partial charge is 0.383 e. The summed E-state index contributed by atoms with van der Waals surface area (Å²) < 4.78 is 0. The average Bonchev–Trinajstić information content (AvgIpc) is 2.39. The number of nitrogen functional groups attached to an aromatic ring is 1. The van der Waals surface area contributed by atoms with E-state index >= 15 is 0 Å². The number of fused-ring (bicyclic) bond motifs is 1. The molecule has 0 atom stereocenters. The molecule has 4 heteroatoms. The monoisotopic (exact) mass is 269 g/mol. The maximum absolute atomic E-state index is 5.99. The lowest BCUT2D eigenvalue weighted by molar-refractivity contribution is 1.23. The molecule has 1 heterocycles. The molecule has 19 heavy (non-hydrogen) atoms. The van der Waals surface area contributed by atoms with Gasteiger partial charge in [0.25, 0.3) is 0 Å². The molecule has 0 saturated carbocycles. The van der Waals surface area contributed by atoms with Gasteiger partial charge in [-0.15, -0.1) is 0 Å². The van der Waals surface area contributed by atoms with Gasteiger partial charge in [0.2, 0.25) is 0 Å². The van der Waals surface area contributed by atoms with Crippen LogP contribution < -0.4 is 5.73 Å². The predicted octanol–water partition coefficient (Wildman–Crippen LogP) is 3.84. The van der Waals surface area contributed by atoms with Crippen LogP contribution in [0.2, 0.25) is 5.02 Å². The van der Waals surface area contributed by atoms with E-state index in [0.29, 0.717) is 16.7 Å². The second-order valence-corrected chi connectivity index (χ2v) is 4.90. The Morgan fingerprint density at radius 3 is 2.68 bits per heavy atom. The highest BCUT2D eigenvalue weighted by Gasteiger charge is 2.07. The van der Waals surface area contributed by atoms with Crippen molar-refractivity contribution in [2.75, 3.05) is 5.73 Å². The summed E-state index contributed by atoms with van der Waals surface area (Å²) in [6.07, 6.45) is 0. The van der Waals surface area contributed by atoms with Crippen molar-refractivity contribution >= 4 is 28.3 Å². The van der Waals surface area contributed by atoms with Crippen LogP contribution >= 0.6 is 11.6 Å². The summed E-state index contributed by atoms with van der Waals surface area (Å²) in [4.78, 5) is 8.90. The van der Waals surface area contributed by atoms with Crippen molar-refractivity contribution in [3.8, 4) is 11.4 Å². The van der Waals surface area contributed by atoms with E-state index in [-0.39, 0.29) is 0 Å². The first-order valence-electron chi connectivity index (χ1n) is 5.93. The molecular formula is C15H12ClN3. The molecule has 3 nitrogen and oxygen atoms in total. The van der Waals surface area contributed by atoms with Gasteiger partial charge in [-0.05, 0) is 31.2 Å². The standard InChI is InChI=1S/C15H12ClN3/c1-9-3-2-4-10(7-9)15-18-13-6-5-11(16)8-12(13)14(17)19-15/h2-8H,1H3,(H2,17,18,19). The minimum absolute atomic E-state index is 0.448. The van der Waals surface area contributed by atoms with E-state index in [9.17, 15) is 0 Å². The zero-order valence-electron chi connectivity index (χ0n) is 10.4. The summed E-state index contributed by atoms with van der Waals surface area (Å²) in [5.41, 5.74) is 8.92. The first-order valence-corrected chi connectivity index (χ1v) is 6.31. The van der Waals surface area contributed by atoms with E-state index < -0.39 is 0 Å². The molecule has 0 spiro atoms. The Labute approximate surface area is 116 Å². The molecule has 0 aliphatic heterocycles. The van der Waals surface area contributed by atoms with Gasteiger partial charge in [0.15, 0.2) is 5.82 Å². The Kier molecular flexibility index (Phi) is 2.84. The van der Waals surface area contributed by atoms with Gasteiger partial charge < -0.3 is 5.73 Å². The third kappa shape index (κ3) is 2.25. The number of halogens is 1. The van der Waals surface area contributed by atoms with Crippen molar-refractivity contribution in [1.82, 2.24) is 9.97 Å². The first kappa shape index (κ1) is 11.9. The molecule has 0 saturated heterocycles. The van der Waals surface area contributed by atoms with Gasteiger partial charge in [0, 0.05) is 16.0 Å². The van der Waals surface area contributed by atoms with Crippen molar-refractivity contribution in [3.63, 3.8) is 0 Å². The summed E-state index contributed by atoms with van der Waals surface area (Å²) >= 11 is 5.96. The molecule has 0 aliphatic carbocycles. The normalized spacial score (nSPS) is 10.8. The Morgan fingerprint density at radius 2 is 1.89 bits per heavy atom. The van der Waals surface area contributed by atoms with Crippen LogP contribution in [0.3, 0.4) is 0 Å². The molecular weight excluding hydrogens is 258 g/mol. The molecule has 94 valence electrons. The van der Waals surface area contributed by atoms with Crippen molar-refractivity contribution in [2.24, 2.45) is 0 Å². The summed E-state index contributed by atoms with van der Waals surface area (Å²) in [6, 6.07) is 13.5. The maximum Gasteiger partial charge on any atom is 0.162 e. The van der Waals surface area contributed by atoms with Crippen molar-refractivity contribution in [3.05, 3.63) is 53.1 Å². The number of benzene rings is 2. The number of rotatable bonds is 1. The minimum atomic E-state index is 0.448. The van der Waals surface area contributed by atoms with Crippen LogP contribution in [-0.4, -0.2) is 9.97 Å². The Balaban J connectivity index is 2.24. The number of nitrogens with two attached hydrogens (primary N) is 1. The number of nitrogens with zero attached hydrogens (tertiary/aromatic N) is 2. The SMILES string of the molecule is Cc1cccc(-c2nc(N)c3cc(Cl)ccc3n2)c1. The number of hydrogen-bond donors (Lipinski definition) is 1. The van der Waals surface area contributed by atoms with Gasteiger partial charge in [0.1, 0.15) is 5.82 Å². The third-order valence-corrected chi connectivity index (χ3v) is 3.20. The van der Waals surface area contributed by atoms with Crippen LogP contribution in [0.4, 0.5) is 5.82 Å². The Hall–Kier alpha value is -2.13. The first-order chi connectivity index (χ1) is 9.13. The molecule has 0 radical (unpaired) electrons.